The summed E-state index contributed by atoms with van der Waals surface area (Å²) in [6.45, 7) is 6.22. The van der Waals surface area contributed by atoms with Crippen molar-refractivity contribution >= 4 is 11.8 Å². The minimum absolute atomic E-state index is 0.112. The average molecular weight is 394 g/mol. The summed E-state index contributed by atoms with van der Waals surface area (Å²) < 4.78 is 0. The summed E-state index contributed by atoms with van der Waals surface area (Å²) >= 11 is 0. The van der Waals surface area contributed by atoms with Crippen molar-refractivity contribution in [2.24, 2.45) is 0 Å². The number of amides is 2. The number of aromatic nitrogens is 1. The number of anilines is 1. The van der Waals surface area contributed by atoms with E-state index in [-0.39, 0.29) is 6.03 Å². The van der Waals surface area contributed by atoms with Crippen LogP contribution < -0.4 is 15.5 Å². The zero-order valence-electron chi connectivity index (χ0n) is 17.1. The molecule has 2 N–H and O–H groups in total. The van der Waals surface area contributed by atoms with Gasteiger partial charge in [0, 0.05) is 52.0 Å². The highest BCUT2D eigenvalue weighted by atomic mass is 16.2. The van der Waals surface area contributed by atoms with Crippen molar-refractivity contribution in [3.63, 3.8) is 0 Å². The molecule has 4 rings (SSSR count). The molecule has 0 atom stereocenters. The van der Waals surface area contributed by atoms with Crippen LogP contribution in [-0.4, -0.2) is 48.6 Å². The normalized spacial score (nSPS) is 16.9. The molecule has 2 amide bonds. The molecule has 6 nitrogen and oxygen atoms in total. The van der Waals surface area contributed by atoms with E-state index in [1.807, 2.05) is 12.3 Å². The summed E-state index contributed by atoms with van der Waals surface area (Å²) in [6, 6.07) is 12.6. The molecule has 29 heavy (non-hydrogen) atoms. The first-order chi connectivity index (χ1) is 14.3. The topological polar surface area (TPSA) is 60.5 Å². The molecule has 1 fully saturated rings. The molecule has 6 heteroatoms. The zero-order valence-corrected chi connectivity index (χ0v) is 17.1. The quantitative estimate of drug-likeness (QED) is 0.792. The van der Waals surface area contributed by atoms with Gasteiger partial charge in [-0.25, -0.2) is 9.78 Å². The van der Waals surface area contributed by atoms with Crippen LogP contribution in [0.25, 0.3) is 0 Å². The van der Waals surface area contributed by atoms with Gasteiger partial charge in [0.25, 0.3) is 0 Å². The van der Waals surface area contributed by atoms with E-state index >= 15 is 0 Å². The molecular weight excluding hydrogens is 362 g/mol. The van der Waals surface area contributed by atoms with Crippen molar-refractivity contribution in [1.29, 1.82) is 0 Å². The molecule has 0 saturated carbocycles. The minimum atomic E-state index is -0.112. The van der Waals surface area contributed by atoms with Crippen molar-refractivity contribution < 1.29 is 4.79 Å². The van der Waals surface area contributed by atoms with E-state index in [4.69, 9.17) is 0 Å². The van der Waals surface area contributed by atoms with Crippen LogP contribution in [0.5, 0.6) is 0 Å². The zero-order chi connectivity index (χ0) is 19.9. The molecule has 2 aromatic rings. The fourth-order valence-electron chi connectivity index (χ4n) is 4.18. The third kappa shape index (κ3) is 5.48. The first kappa shape index (κ1) is 19.7. The molecule has 0 unspecified atom stereocenters. The largest absolute Gasteiger partial charge is 0.357 e. The molecule has 154 valence electrons. The molecule has 1 saturated heterocycles. The van der Waals surface area contributed by atoms with E-state index in [1.165, 1.54) is 30.4 Å². The monoisotopic (exact) mass is 393 g/mol. The van der Waals surface area contributed by atoms with Gasteiger partial charge in [0.2, 0.25) is 0 Å². The summed E-state index contributed by atoms with van der Waals surface area (Å²) in [7, 11) is 0. The number of carbonyl (C=O) groups is 1. The molecule has 0 spiro atoms. The molecular formula is C23H31N5O. The van der Waals surface area contributed by atoms with Gasteiger partial charge < -0.3 is 15.5 Å². The lowest BCUT2D eigenvalue weighted by atomic mass is 10.00. The van der Waals surface area contributed by atoms with Crippen LogP contribution in [-0.2, 0) is 19.5 Å². The van der Waals surface area contributed by atoms with E-state index in [9.17, 15) is 4.79 Å². The number of hydrogen-bond acceptors (Lipinski definition) is 4. The van der Waals surface area contributed by atoms with Crippen molar-refractivity contribution in [3.8, 4) is 0 Å². The maximum atomic E-state index is 12.2. The van der Waals surface area contributed by atoms with Crippen molar-refractivity contribution in [3.05, 3.63) is 59.3 Å². The van der Waals surface area contributed by atoms with Gasteiger partial charge in [0.1, 0.15) is 5.82 Å². The number of piperidine rings is 1. The highest BCUT2D eigenvalue weighted by molar-refractivity contribution is 5.73. The van der Waals surface area contributed by atoms with Crippen LogP contribution >= 0.6 is 0 Å². The second kappa shape index (κ2) is 9.74. The van der Waals surface area contributed by atoms with Crippen LogP contribution in [0, 0.1) is 0 Å². The lowest BCUT2D eigenvalue weighted by Gasteiger charge is -2.28. The third-order valence-corrected chi connectivity index (χ3v) is 5.87. The van der Waals surface area contributed by atoms with E-state index in [1.54, 1.807) is 0 Å². The second-order valence-electron chi connectivity index (χ2n) is 7.97. The van der Waals surface area contributed by atoms with Crippen LogP contribution in [0.15, 0.2) is 42.6 Å². The first-order valence-electron chi connectivity index (χ1n) is 10.8. The smallest absolute Gasteiger partial charge is 0.315 e. The van der Waals surface area contributed by atoms with Crippen molar-refractivity contribution in [2.45, 2.75) is 38.8 Å². The number of pyridine rings is 1. The Morgan fingerprint density at radius 1 is 1.00 bits per heavy atom. The van der Waals surface area contributed by atoms with Gasteiger partial charge in [-0.1, -0.05) is 24.3 Å². The van der Waals surface area contributed by atoms with Gasteiger partial charge in [-0.2, -0.15) is 0 Å². The lowest BCUT2D eigenvalue weighted by molar-refractivity contribution is 0.230. The Balaban J connectivity index is 1.18. The predicted octanol–water partition coefficient (Wildman–Crippen LogP) is 2.93. The van der Waals surface area contributed by atoms with E-state index < -0.39 is 0 Å². The summed E-state index contributed by atoms with van der Waals surface area (Å²) in [5.41, 5.74) is 3.95. The number of hydrogen-bond donors (Lipinski definition) is 2. The number of nitrogens with one attached hydrogen (secondary N) is 2. The Labute approximate surface area is 173 Å². The average Bonchev–Trinajstić information content (AvgIpc) is 2.78. The van der Waals surface area contributed by atoms with E-state index in [0.29, 0.717) is 13.1 Å². The Morgan fingerprint density at radius 3 is 2.69 bits per heavy atom. The fraction of sp³-hybridized carbons (Fsp3) is 0.478. The van der Waals surface area contributed by atoms with Crippen LogP contribution in [0.1, 0.15) is 36.0 Å². The number of carbonyl (C=O) groups excluding carboxylic acids is 1. The molecule has 0 aliphatic carbocycles. The summed E-state index contributed by atoms with van der Waals surface area (Å²) in [5, 5.41) is 5.95. The fourth-order valence-corrected chi connectivity index (χ4v) is 4.18. The molecule has 2 aliphatic heterocycles. The first-order valence-corrected chi connectivity index (χ1v) is 10.8. The molecule has 0 bridgehead atoms. The van der Waals surface area contributed by atoms with Crippen LogP contribution in [0.4, 0.5) is 10.6 Å². The van der Waals surface area contributed by atoms with E-state index in [2.05, 4.69) is 55.7 Å². The third-order valence-electron chi connectivity index (χ3n) is 5.87. The van der Waals surface area contributed by atoms with Gasteiger partial charge in [0.05, 0.1) is 0 Å². The SMILES string of the molecule is O=C(NCCN1CCc2ccccc2C1)NCc1ccnc(N2CCCCC2)c1. The highest BCUT2D eigenvalue weighted by Gasteiger charge is 2.15. The Hall–Kier alpha value is -2.60. The highest BCUT2D eigenvalue weighted by Crippen LogP contribution is 2.19. The van der Waals surface area contributed by atoms with Gasteiger partial charge in [-0.15, -0.1) is 0 Å². The Kier molecular flexibility index (Phi) is 6.62. The standard InChI is InChI=1S/C23H31N5O/c29-23(25-11-15-27-14-9-20-6-2-3-7-21(20)18-27)26-17-19-8-10-24-22(16-19)28-12-4-1-5-13-28/h2-3,6-8,10,16H,1,4-5,9,11-15,17-18H2,(H2,25,26,29). The molecule has 1 aromatic carbocycles. The molecule has 2 aliphatic rings. The van der Waals surface area contributed by atoms with Gasteiger partial charge in [0.15, 0.2) is 0 Å². The van der Waals surface area contributed by atoms with Gasteiger partial charge in [-0.05, 0) is 54.5 Å². The molecule has 0 radical (unpaired) electrons. The van der Waals surface area contributed by atoms with Gasteiger partial charge in [-0.3, -0.25) is 4.90 Å². The van der Waals surface area contributed by atoms with E-state index in [0.717, 1.165) is 50.5 Å². The number of fused-ring (bicyclic) bond motifs is 1. The van der Waals surface area contributed by atoms with Crippen molar-refractivity contribution in [1.82, 2.24) is 20.5 Å². The van der Waals surface area contributed by atoms with Crippen LogP contribution in [0.3, 0.4) is 0 Å². The molecule has 3 heterocycles. The summed E-state index contributed by atoms with van der Waals surface area (Å²) in [5.74, 6) is 1.02. The predicted molar refractivity (Wildman–Crippen MR) is 116 cm³/mol. The number of rotatable bonds is 6. The van der Waals surface area contributed by atoms with Crippen molar-refractivity contribution in [2.75, 3.05) is 37.6 Å². The number of nitrogens with zero attached hydrogens (tertiary/aromatic N) is 3. The lowest BCUT2D eigenvalue weighted by Crippen LogP contribution is -2.41. The summed E-state index contributed by atoms with van der Waals surface area (Å²) in [4.78, 5) is 21.4. The number of benzene rings is 1. The Morgan fingerprint density at radius 2 is 1.83 bits per heavy atom. The minimum Gasteiger partial charge on any atom is -0.357 e. The maximum absolute atomic E-state index is 12.2. The maximum Gasteiger partial charge on any atom is 0.315 e. The summed E-state index contributed by atoms with van der Waals surface area (Å²) in [6.07, 6.45) is 6.70. The Bertz CT molecular complexity index is 818. The number of urea groups is 1. The van der Waals surface area contributed by atoms with Gasteiger partial charge >= 0.3 is 6.03 Å². The van der Waals surface area contributed by atoms with Crippen LogP contribution in [0.2, 0.25) is 0 Å². The molecule has 1 aromatic heterocycles. The second-order valence-corrected chi connectivity index (χ2v) is 7.97.